The summed E-state index contributed by atoms with van der Waals surface area (Å²) >= 11 is 0. The number of benzene rings is 2. The maximum atomic E-state index is 6.12. The predicted octanol–water partition coefficient (Wildman–Crippen LogP) is 2.15. The van der Waals surface area contributed by atoms with E-state index in [1.165, 1.54) is 22.5 Å². The second-order valence-corrected chi connectivity index (χ2v) is 5.23. The molecule has 0 saturated heterocycles. The molecule has 0 aliphatic carbocycles. The van der Waals surface area contributed by atoms with E-state index in [-0.39, 0.29) is 0 Å². The SMILES string of the molecule is Nc1cccc2c1CN1CN2Cc2c(N)cccc21. The van der Waals surface area contributed by atoms with Gasteiger partial charge in [-0.1, -0.05) is 12.1 Å². The summed E-state index contributed by atoms with van der Waals surface area (Å²) in [6, 6.07) is 12.3. The molecule has 2 aromatic rings. The number of hydrogen-bond acceptors (Lipinski definition) is 4. The van der Waals surface area contributed by atoms with Crippen LogP contribution in [0.3, 0.4) is 0 Å². The summed E-state index contributed by atoms with van der Waals surface area (Å²) in [6.45, 7) is 2.62. The average Bonchev–Trinajstić information content (AvgIpc) is 2.42. The van der Waals surface area contributed by atoms with Gasteiger partial charge in [-0.05, 0) is 24.3 Å². The molecule has 2 aliphatic heterocycles. The van der Waals surface area contributed by atoms with Gasteiger partial charge < -0.3 is 21.3 Å². The summed E-state index contributed by atoms with van der Waals surface area (Å²) in [5, 5.41) is 0. The van der Waals surface area contributed by atoms with Gasteiger partial charge in [0.2, 0.25) is 0 Å². The summed E-state index contributed by atoms with van der Waals surface area (Å²) in [5.74, 6) is 0. The lowest BCUT2D eigenvalue weighted by atomic mass is 9.99. The molecule has 2 aromatic carbocycles. The van der Waals surface area contributed by atoms with E-state index in [2.05, 4.69) is 21.9 Å². The molecule has 0 saturated carbocycles. The Labute approximate surface area is 112 Å². The Bertz CT molecular complexity index is 608. The van der Waals surface area contributed by atoms with Crippen LogP contribution >= 0.6 is 0 Å². The van der Waals surface area contributed by atoms with E-state index in [1.807, 2.05) is 24.3 Å². The summed E-state index contributed by atoms with van der Waals surface area (Å²) in [7, 11) is 0. The topological polar surface area (TPSA) is 58.5 Å². The van der Waals surface area contributed by atoms with Gasteiger partial charge >= 0.3 is 0 Å². The number of fused-ring (bicyclic) bond motifs is 6. The molecule has 0 fully saturated rings. The van der Waals surface area contributed by atoms with E-state index in [0.29, 0.717) is 0 Å². The Morgan fingerprint density at radius 3 is 1.68 bits per heavy atom. The van der Waals surface area contributed by atoms with E-state index >= 15 is 0 Å². The third-order valence-corrected chi connectivity index (χ3v) is 4.10. The van der Waals surface area contributed by atoms with Crippen LogP contribution in [-0.4, -0.2) is 6.67 Å². The molecule has 0 unspecified atom stereocenters. The number of rotatable bonds is 0. The van der Waals surface area contributed by atoms with Gasteiger partial charge in [-0.2, -0.15) is 0 Å². The number of nitrogen functional groups attached to an aromatic ring is 2. The second kappa shape index (κ2) is 3.57. The van der Waals surface area contributed by atoms with Crippen LogP contribution in [-0.2, 0) is 13.1 Å². The van der Waals surface area contributed by atoms with Crippen LogP contribution in [0.1, 0.15) is 11.1 Å². The molecule has 2 bridgehead atoms. The minimum Gasteiger partial charge on any atom is -0.398 e. The first-order valence-electron chi connectivity index (χ1n) is 6.48. The lowest BCUT2D eigenvalue weighted by molar-refractivity contribution is 0.653. The van der Waals surface area contributed by atoms with Crippen LogP contribution in [0.25, 0.3) is 0 Å². The maximum Gasteiger partial charge on any atom is 0.0910 e. The third kappa shape index (κ3) is 1.40. The van der Waals surface area contributed by atoms with Crippen molar-refractivity contribution in [2.45, 2.75) is 13.1 Å². The molecular formula is C15H16N4. The van der Waals surface area contributed by atoms with E-state index in [4.69, 9.17) is 11.5 Å². The standard InChI is InChI=1S/C15H16N4/c16-12-3-1-5-14-10(12)7-19-9-18(14)8-11-13(17)4-2-6-15(11)19/h1-6H,7-9,16-17H2. The lowest BCUT2D eigenvalue weighted by Crippen LogP contribution is -2.46. The summed E-state index contributed by atoms with van der Waals surface area (Å²) in [4.78, 5) is 4.68. The molecule has 0 radical (unpaired) electrons. The van der Waals surface area contributed by atoms with Crippen LogP contribution in [0.15, 0.2) is 36.4 Å². The minimum absolute atomic E-state index is 0.856. The summed E-state index contributed by atoms with van der Waals surface area (Å²) < 4.78 is 0. The molecule has 19 heavy (non-hydrogen) atoms. The summed E-state index contributed by atoms with van der Waals surface area (Å²) in [6.07, 6.45) is 0. The first kappa shape index (κ1) is 10.6. The van der Waals surface area contributed by atoms with Gasteiger partial charge in [0, 0.05) is 47.0 Å². The van der Waals surface area contributed by atoms with Crippen LogP contribution in [0.4, 0.5) is 22.7 Å². The molecule has 0 spiro atoms. The van der Waals surface area contributed by atoms with E-state index < -0.39 is 0 Å². The zero-order valence-corrected chi connectivity index (χ0v) is 10.6. The van der Waals surface area contributed by atoms with Crippen molar-refractivity contribution in [1.82, 2.24) is 0 Å². The Morgan fingerprint density at radius 1 is 0.737 bits per heavy atom. The van der Waals surface area contributed by atoms with Crippen molar-refractivity contribution >= 4 is 22.7 Å². The average molecular weight is 252 g/mol. The van der Waals surface area contributed by atoms with E-state index in [0.717, 1.165) is 31.1 Å². The van der Waals surface area contributed by atoms with Gasteiger partial charge in [0.25, 0.3) is 0 Å². The Hall–Kier alpha value is -2.36. The highest BCUT2D eigenvalue weighted by atomic mass is 15.4. The molecule has 2 aliphatic rings. The Morgan fingerprint density at radius 2 is 1.21 bits per heavy atom. The van der Waals surface area contributed by atoms with Crippen LogP contribution in [0.2, 0.25) is 0 Å². The molecule has 4 nitrogen and oxygen atoms in total. The van der Waals surface area contributed by atoms with Crippen LogP contribution in [0, 0.1) is 0 Å². The molecule has 2 heterocycles. The fraction of sp³-hybridized carbons (Fsp3) is 0.200. The van der Waals surface area contributed by atoms with Gasteiger partial charge in [0.1, 0.15) is 0 Å². The van der Waals surface area contributed by atoms with Gasteiger partial charge in [0.15, 0.2) is 0 Å². The van der Waals surface area contributed by atoms with E-state index in [9.17, 15) is 0 Å². The monoisotopic (exact) mass is 252 g/mol. The highest BCUT2D eigenvalue weighted by Gasteiger charge is 2.30. The highest BCUT2D eigenvalue weighted by molar-refractivity contribution is 5.75. The highest BCUT2D eigenvalue weighted by Crippen LogP contribution is 2.41. The van der Waals surface area contributed by atoms with E-state index in [1.54, 1.807) is 0 Å². The molecule has 0 atom stereocenters. The minimum atomic E-state index is 0.856. The van der Waals surface area contributed by atoms with Crippen molar-refractivity contribution in [3.05, 3.63) is 47.5 Å². The van der Waals surface area contributed by atoms with Crippen LogP contribution in [0.5, 0.6) is 0 Å². The molecule has 96 valence electrons. The number of nitrogens with zero attached hydrogens (tertiary/aromatic N) is 2. The largest absolute Gasteiger partial charge is 0.398 e. The van der Waals surface area contributed by atoms with Gasteiger partial charge in [-0.15, -0.1) is 0 Å². The first-order valence-corrected chi connectivity index (χ1v) is 6.48. The van der Waals surface area contributed by atoms with Gasteiger partial charge in [-0.3, -0.25) is 0 Å². The molecule has 4 heteroatoms. The van der Waals surface area contributed by atoms with Crippen LogP contribution < -0.4 is 21.3 Å². The second-order valence-electron chi connectivity index (χ2n) is 5.23. The smallest absolute Gasteiger partial charge is 0.0910 e. The lowest BCUT2D eigenvalue weighted by Gasteiger charge is -2.45. The normalized spacial score (nSPS) is 16.0. The zero-order valence-electron chi connectivity index (χ0n) is 10.6. The first-order chi connectivity index (χ1) is 9.24. The summed E-state index contributed by atoms with van der Waals surface area (Å²) in [5.41, 5.74) is 18.9. The quantitative estimate of drug-likeness (QED) is 0.705. The van der Waals surface area contributed by atoms with Crippen molar-refractivity contribution in [1.29, 1.82) is 0 Å². The van der Waals surface area contributed by atoms with Crippen molar-refractivity contribution in [3.63, 3.8) is 0 Å². The fourth-order valence-electron chi connectivity index (χ4n) is 3.13. The fourth-order valence-corrected chi connectivity index (χ4v) is 3.13. The Balaban J connectivity index is 1.89. The molecule has 4 N–H and O–H groups in total. The van der Waals surface area contributed by atoms with Gasteiger partial charge in [0.05, 0.1) is 6.67 Å². The maximum absolute atomic E-state index is 6.12. The molecule has 4 rings (SSSR count). The van der Waals surface area contributed by atoms with Crippen molar-refractivity contribution in [3.8, 4) is 0 Å². The van der Waals surface area contributed by atoms with Crippen molar-refractivity contribution in [2.24, 2.45) is 0 Å². The Kier molecular flexibility index (Phi) is 1.98. The zero-order chi connectivity index (χ0) is 13.0. The van der Waals surface area contributed by atoms with Crippen molar-refractivity contribution < 1.29 is 0 Å². The number of nitrogens with two attached hydrogens (primary N) is 2. The number of hydrogen-bond donors (Lipinski definition) is 2. The predicted molar refractivity (Wildman–Crippen MR) is 78.9 cm³/mol. The molecule has 0 amide bonds. The van der Waals surface area contributed by atoms with Gasteiger partial charge in [-0.25, -0.2) is 0 Å². The molecular weight excluding hydrogens is 236 g/mol. The third-order valence-electron chi connectivity index (χ3n) is 4.10. The molecule has 0 aromatic heterocycles. The number of anilines is 4. The van der Waals surface area contributed by atoms with Crippen molar-refractivity contribution in [2.75, 3.05) is 27.9 Å².